The van der Waals surface area contributed by atoms with Crippen molar-refractivity contribution in [1.82, 2.24) is 5.32 Å². The maximum Gasteiger partial charge on any atom is 0.00957 e. The van der Waals surface area contributed by atoms with Crippen molar-refractivity contribution in [2.45, 2.75) is 90.5 Å². The molecule has 1 unspecified atom stereocenters. The smallest absolute Gasteiger partial charge is 0.00957 e. The molecule has 21 heavy (non-hydrogen) atoms. The van der Waals surface area contributed by atoms with Crippen LogP contribution < -0.4 is 5.32 Å². The van der Waals surface area contributed by atoms with Crippen molar-refractivity contribution in [3.63, 3.8) is 0 Å². The Labute approximate surface area is 131 Å². The van der Waals surface area contributed by atoms with Crippen LogP contribution in [0.15, 0.2) is 0 Å². The molecule has 1 atom stereocenters. The summed E-state index contributed by atoms with van der Waals surface area (Å²) in [5, 5.41) is 4.05. The molecule has 0 aromatic carbocycles. The van der Waals surface area contributed by atoms with E-state index < -0.39 is 0 Å². The van der Waals surface area contributed by atoms with E-state index in [1.54, 1.807) is 38.5 Å². The van der Waals surface area contributed by atoms with Crippen molar-refractivity contribution in [2.24, 2.45) is 28.6 Å². The van der Waals surface area contributed by atoms with Crippen LogP contribution in [0.5, 0.6) is 0 Å². The molecule has 0 aromatic rings. The Morgan fingerprint density at radius 2 is 1.43 bits per heavy atom. The summed E-state index contributed by atoms with van der Waals surface area (Å²) in [6.07, 6.45) is 16.7. The normalized spacial score (nSPS) is 45.7. The summed E-state index contributed by atoms with van der Waals surface area (Å²) >= 11 is 0. The van der Waals surface area contributed by atoms with E-state index in [4.69, 9.17) is 0 Å². The Kier molecular flexibility index (Phi) is 3.64. The average Bonchev–Trinajstić information content (AvgIpc) is 2.44. The van der Waals surface area contributed by atoms with Gasteiger partial charge < -0.3 is 5.32 Å². The van der Waals surface area contributed by atoms with Gasteiger partial charge in [-0.2, -0.15) is 0 Å². The monoisotopic (exact) mass is 289 g/mol. The fraction of sp³-hybridized carbons (Fsp3) is 1.00. The van der Waals surface area contributed by atoms with Crippen LogP contribution in [0.2, 0.25) is 0 Å². The van der Waals surface area contributed by atoms with Gasteiger partial charge in [0.05, 0.1) is 0 Å². The Hall–Kier alpha value is -0.0400. The number of hydrogen-bond donors (Lipinski definition) is 1. The minimum Gasteiger partial charge on any atom is -0.313 e. The van der Waals surface area contributed by atoms with Crippen molar-refractivity contribution in [2.75, 3.05) is 6.54 Å². The van der Waals surface area contributed by atoms with Gasteiger partial charge in [0.25, 0.3) is 0 Å². The van der Waals surface area contributed by atoms with Crippen LogP contribution in [0.4, 0.5) is 0 Å². The summed E-state index contributed by atoms with van der Waals surface area (Å²) in [6.45, 7) is 6.33. The standard InChI is InChI=1S/C20H35N/c1-15(21-14-19(2)6-4-3-5-7-19)20-11-16-8-17(12-20)10-18(9-16)13-20/h15-18,21H,3-14H2,1-2H3. The van der Waals surface area contributed by atoms with Gasteiger partial charge >= 0.3 is 0 Å². The van der Waals surface area contributed by atoms with Gasteiger partial charge in [-0.3, -0.25) is 0 Å². The molecule has 1 N–H and O–H groups in total. The average molecular weight is 290 g/mol. The summed E-state index contributed by atoms with van der Waals surface area (Å²) in [6, 6.07) is 0.754. The van der Waals surface area contributed by atoms with Crippen molar-refractivity contribution < 1.29 is 0 Å². The molecule has 5 aliphatic rings. The van der Waals surface area contributed by atoms with Crippen LogP contribution in [0.25, 0.3) is 0 Å². The Morgan fingerprint density at radius 1 is 0.905 bits per heavy atom. The predicted molar refractivity (Wildman–Crippen MR) is 89.3 cm³/mol. The Balaban J connectivity index is 1.39. The van der Waals surface area contributed by atoms with Gasteiger partial charge in [0.15, 0.2) is 0 Å². The third-order valence-corrected chi connectivity index (χ3v) is 7.90. The van der Waals surface area contributed by atoms with E-state index in [1.165, 1.54) is 38.6 Å². The Morgan fingerprint density at radius 3 is 1.95 bits per heavy atom. The highest BCUT2D eigenvalue weighted by Crippen LogP contribution is 2.61. The summed E-state index contributed by atoms with van der Waals surface area (Å²) in [5.74, 6) is 3.27. The molecular formula is C20H35N. The number of nitrogens with one attached hydrogen (secondary N) is 1. The largest absolute Gasteiger partial charge is 0.313 e. The van der Waals surface area contributed by atoms with Gasteiger partial charge in [-0.05, 0) is 86.9 Å². The van der Waals surface area contributed by atoms with Crippen LogP contribution in [-0.2, 0) is 0 Å². The van der Waals surface area contributed by atoms with Gasteiger partial charge in [0.2, 0.25) is 0 Å². The summed E-state index contributed by atoms with van der Waals surface area (Å²) in [5.41, 5.74) is 1.27. The van der Waals surface area contributed by atoms with Gasteiger partial charge in [0.1, 0.15) is 0 Å². The van der Waals surface area contributed by atoms with E-state index in [-0.39, 0.29) is 0 Å². The van der Waals surface area contributed by atoms with E-state index in [0.29, 0.717) is 10.8 Å². The molecule has 0 aromatic heterocycles. The molecular weight excluding hydrogens is 254 g/mol. The maximum absolute atomic E-state index is 4.05. The van der Waals surface area contributed by atoms with Crippen molar-refractivity contribution in [3.05, 3.63) is 0 Å². The van der Waals surface area contributed by atoms with Gasteiger partial charge in [-0.1, -0.05) is 26.2 Å². The highest BCUT2D eigenvalue weighted by molar-refractivity contribution is 5.05. The van der Waals surface area contributed by atoms with Gasteiger partial charge in [0, 0.05) is 12.6 Å². The first-order valence-electron chi connectivity index (χ1n) is 9.80. The molecule has 5 fully saturated rings. The predicted octanol–water partition coefficient (Wildman–Crippen LogP) is 5.15. The minimum absolute atomic E-state index is 0.592. The SMILES string of the molecule is CC(NCC1(C)CCCCC1)C12CC3CC(CC(C3)C1)C2. The molecule has 1 heteroatoms. The van der Waals surface area contributed by atoms with Crippen LogP contribution >= 0.6 is 0 Å². The molecule has 0 heterocycles. The van der Waals surface area contributed by atoms with Crippen molar-refractivity contribution in [1.29, 1.82) is 0 Å². The molecule has 0 saturated heterocycles. The van der Waals surface area contributed by atoms with Gasteiger partial charge in [-0.25, -0.2) is 0 Å². The third kappa shape index (κ3) is 2.69. The first-order valence-corrected chi connectivity index (χ1v) is 9.80. The number of hydrogen-bond acceptors (Lipinski definition) is 1. The quantitative estimate of drug-likeness (QED) is 0.754. The Bertz CT molecular complexity index is 344. The first-order chi connectivity index (χ1) is 10.1. The molecule has 0 spiro atoms. The molecule has 0 amide bonds. The van der Waals surface area contributed by atoms with Crippen LogP contribution in [0.3, 0.4) is 0 Å². The second-order valence-corrected chi connectivity index (χ2v) is 9.75. The summed E-state index contributed by atoms with van der Waals surface area (Å²) in [7, 11) is 0. The summed E-state index contributed by atoms with van der Waals surface area (Å²) < 4.78 is 0. The third-order valence-electron chi connectivity index (χ3n) is 7.90. The zero-order valence-electron chi connectivity index (χ0n) is 14.3. The summed E-state index contributed by atoms with van der Waals surface area (Å²) in [4.78, 5) is 0. The second-order valence-electron chi connectivity index (χ2n) is 9.75. The molecule has 0 aliphatic heterocycles. The van der Waals surface area contributed by atoms with Crippen molar-refractivity contribution >= 4 is 0 Å². The van der Waals surface area contributed by atoms with Crippen molar-refractivity contribution in [3.8, 4) is 0 Å². The first kappa shape index (κ1) is 14.5. The lowest BCUT2D eigenvalue weighted by atomic mass is 9.48. The highest BCUT2D eigenvalue weighted by atomic mass is 14.9. The van der Waals surface area contributed by atoms with Crippen LogP contribution in [0.1, 0.15) is 84.5 Å². The zero-order valence-corrected chi connectivity index (χ0v) is 14.3. The van der Waals surface area contributed by atoms with E-state index >= 15 is 0 Å². The molecule has 5 saturated carbocycles. The zero-order chi connectivity index (χ0) is 14.5. The molecule has 0 radical (unpaired) electrons. The topological polar surface area (TPSA) is 12.0 Å². The lowest BCUT2D eigenvalue weighted by Gasteiger charge is -2.59. The van der Waals surface area contributed by atoms with E-state index in [2.05, 4.69) is 19.2 Å². The molecule has 4 bridgehead atoms. The number of rotatable bonds is 4. The lowest BCUT2D eigenvalue weighted by Crippen LogP contribution is -2.56. The second kappa shape index (κ2) is 5.25. The fourth-order valence-electron chi connectivity index (χ4n) is 6.91. The molecule has 120 valence electrons. The van der Waals surface area contributed by atoms with Crippen LogP contribution in [0, 0.1) is 28.6 Å². The molecule has 5 rings (SSSR count). The van der Waals surface area contributed by atoms with E-state index in [1.807, 2.05) is 0 Å². The van der Waals surface area contributed by atoms with E-state index in [0.717, 1.165) is 23.8 Å². The van der Waals surface area contributed by atoms with E-state index in [9.17, 15) is 0 Å². The molecule has 1 nitrogen and oxygen atoms in total. The van der Waals surface area contributed by atoms with Gasteiger partial charge in [-0.15, -0.1) is 0 Å². The maximum atomic E-state index is 4.05. The molecule has 5 aliphatic carbocycles. The fourth-order valence-corrected chi connectivity index (χ4v) is 6.91. The highest BCUT2D eigenvalue weighted by Gasteiger charge is 2.53. The minimum atomic E-state index is 0.592. The van der Waals surface area contributed by atoms with Crippen LogP contribution in [-0.4, -0.2) is 12.6 Å². The lowest BCUT2D eigenvalue weighted by molar-refractivity contribution is -0.0719.